The Kier molecular flexibility index (Phi) is 4.70. The summed E-state index contributed by atoms with van der Waals surface area (Å²) in [7, 11) is 1.79. The summed E-state index contributed by atoms with van der Waals surface area (Å²) in [5.41, 5.74) is 1.40. The summed E-state index contributed by atoms with van der Waals surface area (Å²) in [6.45, 7) is 6.23. The van der Waals surface area contributed by atoms with E-state index in [2.05, 4.69) is 5.32 Å². The van der Waals surface area contributed by atoms with Gasteiger partial charge in [0.2, 0.25) is 0 Å². The molecule has 0 aromatic heterocycles. The van der Waals surface area contributed by atoms with Gasteiger partial charge in [-0.1, -0.05) is 36.8 Å². The van der Waals surface area contributed by atoms with Gasteiger partial charge in [0.25, 0.3) is 0 Å². The van der Waals surface area contributed by atoms with E-state index in [-0.39, 0.29) is 5.97 Å². The van der Waals surface area contributed by atoms with Gasteiger partial charge in [0.1, 0.15) is 5.54 Å². The second kappa shape index (κ2) is 5.82. The normalized spacial score (nSPS) is 14.1. The van der Waals surface area contributed by atoms with Crippen molar-refractivity contribution in [3.63, 3.8) is 0 Å². The van der Waals surface area contributed by atoms with Crippen LogP contribution in [0.3, 0.4) is 0 Å². The molecule has 94 valence electrons. The van der Waals surface area contributed by atoms with E-state index in [1.807, 2.05) is 45.0 Å². The average Bonchev–Trinajstić information content (AvgIpc) is 2.34. The Hall–Kier alpha value is -1.35. The molecule has 0 aliphatic carbocycles. The summed E-state index contributed by atoms with van der Waals surface area (Å²) in [6, 6.07) is 7.98. The molecule has 0 fully saturated rings. The molecule has 0 bridgehead atoms. The number of ether oxygens (including phenoxy) is 1. The van der Waals surface area contributed by atoms with E-state index in [4.69, 9.17) is 4.74 Å². The molecule has 1 N–H and O–H groups in total. The predicted molar refractivity (Wildman–Crippen MR) is 68.8 cm³/mol. The minimum atomic E-state index is -0.732. The highest BCUT2D eigenvalue weighted by Crippen LogP contribution is 2.26. The van der Waals surface area contributed by atoms with Crippen molar-refractivity contribution in [2.24, 2.45) is 0 Å². The van der Waals surface area contributed by atoms with Crippen LogP contribution in [0, 0.1) is 6.92 Å². The van der Waals surface area contributed by atoms with Crippen molar-refractivity contribution in [2.75, 3.05) is 13.7 Å². The number of benzene rings is 1. The van der Waals surface area contributed by atoms with Gasteiger partial charge in [0, 0.05) is 0 Å². The Labute approximate surface area is 103 Å². The van der Waals surface area contributed by atoms with Crippen molar-refractivity contribution in [1.29, 1.82) is 0 Å². The lowest BCUT2D eigenvalue weighted by atomic mass is 9.87. The molecule has 1 aromatic rings. The van der Waals surface area contributed by atoms with Gasteiger partial charge in [0.05, 0.1) is 6.61 Å². The first-order valence-electron chi connectivity index (χ1n) is 6.04. The molecule has 0 spiro atoms. The lowest BCUT2D eigenvalue weighted by Gasteiger charge is -2.30. The molecule has 0 aliphatic heterocycles. The molecular formula is C14H21NO2. The van der Waals surface area contributed by atoms with Gasteiger partial charge in [-0.05, 0) is 32.9 Å². The number of hydrogen-bond acceptors (Lipinski definition) is 3. The van der Waals surface area contributed by atoms with E-state index in [0.29, 0.717) is 13.0 Å². The zero-order chi connectivity index (χ0) is 12.9. The summed E-state index contributed by atoms with van der Waals surface area (Å²) in [5.74, 6) is -0.214. The number of rotatable bonds is 5. The molecule has 1 unspecified atom stereocenters. The van der Waals surface area contributed by atoms with Crippen LogP contribution in [0.2, 0.25) is 0 Å². The molecule has 0 saturated carbocycles. The molecule has 0 amide bonds. The monoisotopic (exact) mass is 235 g/mol. The fourth-order valence-electron chi connectivity index (χ4n) is 1.98. The van der Waals surface area contributed by atoms with Gasteiger partial charge in [-0.25, -0.2) is 4.79 Å². The molecule has 0 aliphatic rings. The molecule has 0 radical (unpaired) electrons. The largest absolute Gasteiger partial charge is 0.464 e. The summed E-state index contributed by atoms with van der Waals surface area (Å²) in [6.07, 6.45) is 0.658. The standard InChI is InChI=1S/C14H21NO2/c1-5-14(15-4,13(16)17-6-2)12-9-7-11(3)8-10-12/h7-10,15H,5-6H2,1-4H3. The number of nitrogens with one attached hydrogen (secondary N) is 1. The number of hydrogen-bond donors (Lipinski definition) is 1. The van der Waals surface area contributed by atoms with Crippen molar-refractivity contribution < 1.29 is 9.53 Å². The predicted octanol–water partition coefficient (Wildman–Crippen LogP) is 2.38. The number of carbonyl (C=O) groups excluding carboxylic acids is 1. The zero-order valence-electron chi connectivity index (χ0n) is 11.0. The molecule has 1 rings (SSSR count). The summed E-state index contributed by atoms with van der Waals surface area (Å²) in [4.78, 5) is 12.1. The van der Waals surface area contributed by atoms with Crippen LogP contribution in [0.1, 0.15) is 31.4 Å². The number of likely N-dealkylation sites (N-methyl/N-ethyl adjacent to an activating group) is 1. The van der Waals surface area contributed by atoms with Crippen LogP contribution in [0.4, 0.5) is 0 Å². The van der Waals surface area contributed by atoms with Crippen LogP contribution in [-0.2, 0) is 15.1 Å². The van der Waals surface area contributed by atoms with Crippen molar-refractivity contribution in [1.82, 2.24) is 5.32 Å². The lowest BCUT2D eigenvalue weighted by molar-refractivity contribution is -0.151. The van der Waals surface area contributed by atoms with Crippen LogP contribution in [0.5, 0.6) is 0 Å². The van der Waals surface area contributed by atoms with Crippen molar-refractivity contribution in [3.8, 4) is 0 Å². The molecule has 3 nitrogen and oxygen atoms in total. The number of esters is 1. The van der Waals surface area contributed by atoms with Crippen molar-refractivity contribution in [2.45, 2.75) is 32.7 Å². The number of carbonyl (C=O) groups is 1. The van der Waals surface area contributed by atoms with Crippen molar-refractivity contribution in [3.05, 3.63) is 35.4 Å². The van der Waals surface area contributed by atoms with Gasteiger partial charge in [-0.2, -0.15) is 0 Å². The molecule has 17 heavy (non-hydrogen) atoms. The third-order valence-corrected chi connectivity index (χ3v) is 3.13. The van der Waals surface area contributed by atoms with Gasteiger partial charge < -0.3 is 10.1 Å². The molecular weight excluding hydrogens is 214 g/mol. The van der Waals surface area contributed by atoms with Crippen LogP contribution in [0.15, 0.2) is 24.3 Å². The summed E-state index contributed by atoms with van der Waals surface area (Å²) in [5, 5.41) is 3.11. The second-order valence-corrected chi connectivity index (χ2v) is 4.10. The molecule has 3 heteroatoms. The van der Waals surface area contributed by atoms with Crippen LogP contribution in [0.25, 0.3) is 0 Å². The van der Waals surface area contributed by atoms with Crippen LogP contribution < -0.4 is 5.32 Å². The van der Waals surface area contributed by atoms with Crippen molar-refractivity contribution >= 4 is 5.97 Å². The minimum Gasteiger partial charge on any atom is -0.464 e. The Bertz CT molecular complexity index is 366. The molecule has 0 saturated heterocycles. The van der Waals surface area contributed by atoms with Gasteiger partial charge in [0.15, 0.2) is 0 Å². The van der Waals surface area contributed by atoms with E-state index in [0.717, 1.165) is 5.56 Å². The topological polar surface area (TPSA) is 38.3 Å². The SMILES string of the molecule is CCOC(=O)C(CC)(NC)c1ccc(C)cc1. The smallest absolute Gasteiger partial charge is 0.330 e. The Balaban J connectivity index is 3.14. The first-order chi connectivity index (χ1) is 8.10. The van der Waals surface area contributed by atoms with E-state index >= 15 is 0 Å². The average molecular weight is 235 g/mol. The Morgan fingerprint density at radius 2 is 1.88 bits per heavy atom. The third kappa shape index (κ3) is 2.67. The first kappa shape index (κ1) is 13.7. The summed E-state index contributed by atoms with van der Waals surface area (Å²) < 4.78 is 5.17. The highest BCUT2D eigenvalue weighted by Gasteiger charge is 2.38. The Morgan fingerprint density at radius 1 is 1.29 bits per heavy atom. The molecule has 1 atom stereocenters. The highest BCUT2D eigenvalue weighted by atomic mass is 16.5. The van der Waals surface area contributed by atoms with Gasteiger partial charge in [-0.3, -0.25) is 0 Å². The highest BCUT2D eigenvalue weighted by molar-refractivity contribution is 5.82. The number of aryl methyl sites for hydroxylation is 1. The van der Waals surface area contributed by atoms with E-state index in [1.54, 1.807) is 7.05 Å². The van der Waals surface area contributed by atoms with E-state index < -0.39 is 5.54 Å². The maximum Gasteiger partial charge on any atom is 0.330 e. The summed E-state index contributed by atoms with van der Waals surface area (Å²) >= 11 is 0. The second-order valence-electron chi connectivity index (χ2n) is 4.10. The fourth-order valence-corrected chi connectivity index (χ4v) is 1.98. The zero-order valence-corrected chi connectivity index (χ0v) is 11.0. The van der Waals surface area contributed by atoms with Gasteiger partial charge >= 0.3 is 5.97 Å². The maximum absolute atomic E-state index is 12.1. The van der Waals surface area contributed by atoms with Crippen LogP contribution >= 0.6 is 0 Å². The fraction of sp³-hybridized carbons (Fsp3) is 0.500. The quantitative estimate of drug-likeness (QED) is 0.796. The maximum atomic E-state index is 12.1. The van der Waals surface area contributed by atoms with E-state index in [1.165, 1.54) is 5.56 Å². The molecule has 0 heterocycles. The molecule has 1 aromatic carbocycles. The first-order valence-corrected chi connectivity index (χ1v) is 6.04. The third-order valence-electron chi connectivity index (χ3n) is 3.13. The minimum absolute atomic E-state index is 0.214. The van der Waals surface area contributed by atoms with Gasteiger partial charge in [-0.15, -0.1) is 0 Å². The Morgan fingerprint density at radius 3 is 2.29 bits per heavy atom. The lowest BCUT2D eigenvalue weighted by Crippen LogP contribution is -2.48. The van der Waals surface area contributed by atoms with E-state index in [9.17, 15) is 4.79 Å². The van der Waals surface area contributed by atoms with Crippen LogP contribution in [-0.4, -0.2) is 19.6 Å².